The molecule has 0 saturated heterocycles. The van der Waals surface area contributed by atoms with E-state index < -0.39 is 0 Å². The van der Waals surface area contributed by atoms with E-state index in [9.17, 15) is 19.2 Å². The average molecular weight is 651 g/mol. The third-order valence-corrected chi connectivity index (χ3v) is 9.59. The molecule has 0 aliphatic carbocycles. The van der Waals surface area contributed by atoms with Crippen LogP contribution in [0.1, 0.15) is 83.1 Å². The summed E-state index contributed by atoms with van der Waals surface area (Å²) in [5, 5.41) is 0. The molecule has 0 radical (unpaired) electrons. The summed E-state index contributed by atoms with van der Waals surface area (Å²) in [5.41, 5.74) is 6.27. The van der Waals surface area contributed by atoms with Gasteiger partial charge in [0.05, 0.1) is 28.8 Å². The SMILES string of the molecule is Cc1cccc(C)c1CN1C(=O)c2ccc(Oc3ccc(C(C)(C)c4ccc(Oc5ccc6c(c5)C(=O)N(C)C6=O)cc4)cc3)cc2C1=O. The molecule has 0 unspecified atom stereocenters. The fourth-order valence-electron chi connectivity index (χ4n) is 6.46. The van der Waals surface area contributed by atoms with Crippen molar-refractivity contribution in [2.75, 3.05) is 7.05 Å². The highest BCUT2D eigenvalue weighted by Crippen LogP contribution is 2.36. The van der Waals surface area contributed by atoms with E-state index in [1.165, 1.54) is 11.9 Å². The van der Waals surface area contributed by atoms with Gasteiger partial charge in [0.15, 0.2) is 0 Å². The summed E-state index contributed by atoms with van der Waals surface area (Å²) in [5.74, 6) is 0.887. The zero-order valence-corrected chi connectivity index (χ0v) is 27.9. The van der Waals surface area contributed by atoms with Crippen LogP contribution in [0.2, 0.25) is 0 Å². The van der Waals surface area contributed by atoms with Gasteiger partial charge in [-0.25, -0.2) is 0 Å². The van der Waals surface area contributed by atoms with Crippen LogP contribution in [-0.2, 0) is 12.0 Å². The topological polar surface area (TPSA) is 93.2 Å². The molecule has 2 aliphatic heterocycles. The van der Waals surface area contributed by atoms with Crippen LogP contribution < -0.4 is 9.47 Å². The van der Waals surface area contributed by atoms with E-state index in [1.807, 2.05) is 80.6 Å². The molecule has 5 aromatic rings. The van der Waals surface area contributed by atoms with Crippen LogP contribution in [0.3, 0.4) is 0 Å². The first-order chi connectivity index (χ1) is 23.4. The monoisotopic (exact) mass is 650 g/mol. The lowest BCUT2D eigenvalue weighted by atomic mass is 9.78. The molecule has 7 rings (SSSR count). The van der Waals surface area contributed by atoms with Gasteiger partial charge in [0.25, 0.3) is 23.6 Å². The lowest BCUT2D eigenvalue weighted by Gasteiger charge is -2.26. The largest absolute Gasteiger partial charge is 0.457 e. The Kier molecular flexibility index (Phi) is 7.67. The van der Waals surface area contributed by atoms with E-state index in [2.05, 4.69) is 13.8 Å². The van der Waals surface area contributed by atoms with E-state index in [1.54, 1.807) is 36.4 Å². The number of ether oxygens (including phenoxy) is 2. The predicted molar refractivity (Wildman–Crippen MR) is 185 cm³/mol. The van der Waals surface area contributed by atoms with Gasteiger partial charge >= 0.3 is 0 Å². The average Bonchev–Trinajstić information content (AvgIpc) is 3.45. The Bertz CT molecular complexity index is 2160. The number of carbonyl (C=O) groups is 4. The Morgan fingerprint density at radius 1 is 0.531 bits per heavy atom. The number of fused-ring (bicyclic) bond motifs is 2. The lowest BCUT2D eigenvalue weighted by Crippen LogP contribution is -2.29. The molecule has 2 aliphatic rings. The Labute approximate surface area is 284 Å². The summed E-state index contributed by atoms with van der Waals surface area (Å²) in [7, 11) is 1.47. The van der Waals surface area contributed by atoms with Gasteiger partial charge in [-0.1, -0.05) is 56.3 Å². The molecular formula is C41H34N2O6. The molecule has 4 amide bonds. The lowest BCUT2D eigenvalue weighted by molar-refractivity contribution is 0.0637. The Hall–Kier alpha value is -6.02. The smallest absolute Gasteiger partial charge is 0.262 e. The zero-order chi connectivity index (χ0) is 34.6. The second-order valence-corrected chi connectivity index (χ2v) is 13.0. The molecule has 8 heteroatoms. The van der Waals surface area contributed by atoms with E-state index in [0.717, 1.165) is 32.7 Å². The van der Waals surface area contributed by atoms with Crippen LogP contribution in [-0.4, -0.2) is 40.5 Å². The molecular weight excluding hydrogens is 616 g/mol. The normalized spacial score (nSPS) is 14.0. The van der Waals surface area contributed by atoms with Gasteiger partial charge in [0, 0.05) is 12.5 Å². The highest BCUT2D eigenvalue weighted by atomic mass is 16.5. The van der Waals surface area contributed by atoms with Crippen LogP contribution in [0.5, 0.6) is 23.0 Å². The standard InChI is InChI=1S/C41H34N2O6/c1-24-7-6-8-25(2)36(24)23-43-39(46)33-20-18-31(22-35(33)40(43)47)49-29-15-11-27(12-16-29)41(3,4)26-9-13-28(14-10-26)48-30-17-19-32-34(21-30)38(45)42(5)37(32)44/h6-22H,23H2,1-5H3. The number of hydrogen-bond acceptors (Lipinski definition) is 6. The summed E-state index contributed by atoms with van der Waals surface area (Å²) < 4.78 is 12.1. The number of hydrogen-bond donors (Lipinski definition) is 0. The van der Waals surface area contributed by atoms with Gasteiger partial charge in [-0.2, -0.15) is 0 Å². The van der Waals surface area contributed by atoms with Crippen molar-refractivity contribution in [3.63, 3.8) is 0 Å². The molecule has 5 aromatic carbocycles. The van der Waals surface area contributed by atoms with Gasteiger partial charge in [0.2, 0.25) is 0 Å². The minimum absolute atomic E-state index is 0.228. The maximum Gasteiger partial charge on any atom is 0.262 e. The number of amides is 4. The van der Waals surface area contributed by atoms with Crippen LogP contribution in [0.25, 0.3) is 0 Å². The molecule has 0 spiro atoms. The molecule has 244 valence electrons. The van der Waals surface area contributed by atoms with Crippen LogP contribution in [0, 0.1) is 13.8 Å². The molecule has 0 N–H and O–H groups in total. The van der Waals surface area contributed by atoms with E-state index in [-0.39, 0.29) is 35.6 Å². The number of carbonyl (C=O) groups excluding carboxylic acids is 4. The van der Waals surface area contributed by atoms with Gasteiger partial charge in [-0.3, -0.25) is 29.0 Å². The van der Waals surface area contributed by atoms with Crippen molar-refractivity contribution in [1.82, 2.24) is 9.80 Å². The van der Waals surface area contributed by atoms with E-state index in [4.69, 9.17) is 9.47 Å². The fraction of sp³-hybridized carbons (Fsp3) is 0.171. The number of benzene rings is 5. The molecule has 0 aromatic heterocycles. The van der Waals surface area contributed by atoms with Gasteiger partial charge < -0.3 is 9.47 Å². The first-order valence-electron chi connectivity index (χ1n) is 16.0. The Balaban J connectivity index is 1.02. The van der Waals surface area contributed by atoms with Gasteiger partial charge in [0.1, 0.15) is 23.0 Å². The molecule has 2 heterocycles. The molecule has 0 atom stereocenters. The number of aryl methyl sites for hydroxylation is 2. The quantitative estimate of drug-likeness (QED) is 0.157. The number of rotatable bonds is 8. The summed E-state index contributed by atoms with van der Waals surface area (Å²) in [6.45, 7) is 8.46. The third kappa shape index (κ3) is 5.55. The molecule has 49 heavy (non-hydrogen) atoms. The van der Waals surface area contributed by atoms with Crippen molar-refractivity contribution >= 4 is 23.6 Å². The van der Waals surface area contributed by atoms with Crippen molar-refractivity contribution < 1.29 is 28.7 Å². The van der Waals surface area contributed by atoms with Crippen LogP contribution in [0.15, 0.2) is 103 Å². The van der Waals surface area contributed by atoms with Crippen molar-refractivity contribution in [3.05, 3.63) is 153 Å². The summed E-state index contributed by atoms with van der Waals surface area (Å²) in [6, 6.07) is 31.4. The number of nitrogens with zero attached hydrogens (tertiary/aromatic N) is 2. The fourth-order valence-corrected chi connectivity index (χ4v) is 6.46. The highest BCUT2D eigenvalue weighted by molar-refractivity contribution is 6.22. The second-order valence-electron chi connectivity index (χ2n) is 13.0. The van der Waals surface area contributed by atoms with Crippen molar-refractivity contribution in [2.45, 2.75) is 39.7 Å². The molecule has 0 saturated carbocycles. The molecule has 8 nitrogen and oxygen atoms in total. The minimum atomic E-state index is -0.346. The first-order valence-corrected chi connectivity index (χ1v) is 16.0. The van der Waals surface area contributed by atoms with E-state index in [0.29, 0.717) is 45.3 Å². The van der Waals surface area contributed by atoms with Crippen LogP contribution >= 0.6 is 0 Å². The van der Waals surface area contributed by atoms with Gasteiger partial charge in [-0.05, 0) is 102 Å². The van der Waals surface area contributed by atoms with Gasteiger partial charge in [-0.15, -0.1) is 0 Å². The van der Waals surface area contributed by atoms with Crippen molar-refractivity contribution in [1.29, 1.82) is 0 Å². The molecule has 0 fully saturated rings. The Morgan fingerprint density at radius 2 is 0.939 bits per heavy atom. The minimum Gasteiger partial charge on any atom is -0.457 e. The Morgan fingerprint density at radius 3 is 1.45 bits per heavy atom. The summed E-state index contributed by atoms with van der Waals surface area (Å²) >= 11 is 0. The first kappa shape index (κ1) is 31.6. The van der Waals surface area contributed by atoms with E-state index >= 15 is 0 Å². The number of imide groups is 2. The predicted octanol–water partition coefficient (Wildman–Crippen LogP) is 8.24. The third-order valence-electron chi connectivity index (χ3n) is 9.59. The summed E-state index contributed by atoms with van der Waals surface area (Å²) in [4.78, 5) is 53.5. The van der Waals surface area contributed by atoms with Crippen molar-refractivity contribution in [2.24, 2.45) is 0 Å². The maximum absolute atomic E-state index is 13.3. The summed E-state index contributed by atoms with van der Waals surface area (Å²) in [6.07, 6.45) is 0. The maximum atomic E-state index is 13.3. The van der Waals surface area contributed by atoms with Crippen LogP contribution in [0.4, 0.5) is 0 Å². The van der Waals surface area contributed by atoms with Crippen molar-refractivity contribution in [3.8, 4) is 23.0 Å². The zero-order valence-electron chi connectivity index (χ0n) is 27.9. The second kappa shape index (κ2) is 11.9. The highest BCUT2D eigenvalue weighted by Gasteiger charge is 2.36. The molecule has 0 bridgehead atoms.